The van der Waals surface area contributed by atoms with Gasteiger partial charge in [0.05, 0.1) is 0 Å². The predicted octanol–water partition coefficient (Wildman–Crippen LogP) is 3.15. The molecule has 0 bridgehead atoms. The van der Waals surface area contributed by atoms with Crippen LogP contribution in [-0.4, -0.2) is 11.3 Å². The van der Waals surface area contributed by atoms with Gasteiger partial charge in [0.15, 0.2) is 0 Å². The van der Waals surface area contributed by atoms with Crippen molar-refractivity contribution in [2.24, 2.45) is 0 Å². The van der Waals surface area contributed by atoms with E-state index in [9.17, 15) is 22.0 Å². The van der Waals surface area contributed by atoms with Crippen LogP contribution in [0.2, 0.25) is 0 Å². The molecule has 0 nitrogen and oxygen atoms in total. The molecule has 0 N–H and O–H groups in total. The van der Waals surface area contributed by atoms with E-state index in [2.05, 4.69) is 23.2 Å². The summed E-state index contributed by atoms with van der Waals surface area (Å²) in [6.07, 6.45) is 0. The first-order valence-electron chi connectivity index (χ1n) is 1.82. The summed E-state index contributed by atoms with van der Waals surface area (Å²) in [4.78, 5) is 0. The number of hydrogen-bond donors (Lipinski definition) is 0. The molecule has 0 unspecified atom stereocenters. The Morgan fingerprint density at radius 2 is 1.40 bits per heavy atom. The minimum Gasteiger partial charge on any atom is -0.214 e. The van der Waals surface area contributed by atoms with Crippen molar-refractivity contribution in [1.82, 2.24) is 0 Å². The van der Waals surface area contributed by atoms with Gasteiger partial charge in [-0.2, -0.15) is 17.6 Å². The molecule has 0 rings (SSSR count). The van der Waals surface area contributed by atoms with Crippen LogP contribution >= 0.6 is 23.2 Å². The lowest BCUT2D eigenvalue weighted by Crippen LogP contribution is -2.37. The van der Waals surface area contributed by atoms with Gasteiger partial charge in [0, 0.05) is 0 Å². The second-order valence-electron chi connectivity index (χ2n) is 1.33. The maximum Gasteiger partial charge on any atom is 0.388 e. The summed E-state index contributed by atoms with van der Waals surface area (Å²) in [5.41, 5.74) is -2.73. The largest absolute Gasteiger partial charge is 0.388 e. The molecule has 0 aromatic rings. The van der Waals surface area contributed by atoms with Crippen LogP contribution < -0.4 is 0 Å². The third-order valence-electron chi connectivity index (χ3n) is 0.593. The van der Waals surface area contributed by atoms with E-state index in [0.29, 0.717) is 0 Å². The molecule has 10 heavy (non-hydrogen) atoms. The summed E-state index contributed by atoms with van der Waals surface area (Å²) >= 11 is 7.78. The molecule has 61 valence electrons. The van der Waals surface area contributed by atoms with Crippen LogP contribution in [0.15, 0.2) is 0 Å². The van der Waals surface area contributed by atoms with Gasteiger partial charge in [-0.15, -0.1) is 0 Å². The predicted molar refractivity (Wildman–Crippen MR) is 26.0 cm³/mol. The second-order valence-corrected chi connectivity index (χ2v) is 2.14. The van der Waals surface area contributed by atoms with Crippen molar-refractivity contribution in [3.63, 3.8) is 0 Å². The van der Waals surface area contributed by atoms with Gasteiger partial charge in [-0.25, -0.2) is 4.39 Å². The molecule has 0 aromatic heterocycles. The lowest BCUT2D eigenvalue weighted by Gasteiger charge is -2.19. The Hall–Kier alpha value is 0.230. The van der Waals surface area contributed by atoms with E-state index in [0.717, 1.165) is 0 Å². The van der Waals surface area contributed by atoms with Crippen LogP contribution in [-0.2, 0) is 0 Å². The zero-order valence-electron chi connectivity index (χ0n) is 4.15. The molecule has 7 heteroatoms. The smallest absolute Gasteiger partial charge is 0.214 e. The van der Waals surface area contributed by atoms with Gasteiger partial charge in [0.1, 0.15) is 0 Å². The normalized spacial score (nSPS) is 14.4. The maximum atomic E-state index is 11.6. The highest BCUT2D eigenvalue weighted by atomic mass is 35.5. The molecule has 0 spiro atoms. The Kier molecular flexibility index (Phi) is 2.76. The fraction of sp³-hybridized carbons (Fsp3) is 0.667. The van der Waals surface area contributed by atoms with Crippen molar-refractivity contribution in [2.45, 2.75) is 11.3 Å². The van der Waals surface area contributed by atoms with E-state index in [1.807, 2.05) is 0 Å². The monoisotopic (exact) mass is 201 g/mol. The van der Waals surface area contributed by atoms with E-state index in [1.54, 1.807) is 0 Å². The standard InChI is InChI=1S/C3Cl2F5/c4-1(6)2(7,8)3(5,9)10. The Morgan fingerprint density at radius 3 is 1.40 bits per heavy atom. The first kappa shape index (κ1) is 10.2. The maximum absolute atomic E-state index is 11.6. The van der Waals surface area contributed by atoms with Crippen molar-refractivity contribution in [2.75, 3.05) is 0 Å². The van der Waals surface area contributed by atoms with Gasteiger partial charge >= 0.3 is 16.9 Å². The number of halogens is 7. The Labute approximate surface area is 62.9 Å². The Bertz CT molecular complexity index is 117. The van der Waals surface area contributed by atoms with Crippen LogP contribution in [0.1, 0.15) is 0 Å². The highest BCUT2D eigenvalue weighted by molar-refractivity contribution is 6.28. The zero-order chi connectivity index (χ0) is 8.58. The van der Waals surface area contributed by atoms with Crippen LogP contribution in [0.25, 0.3) is 0 Å². The van der Waals surface area contributed by atoms with Gasteiger partial charge in [-0.05, 0) is 11.6 Å². The molecule has 0 saturated heterocycles. The van der Waals surface area contributed by atoms with E-state index >= 15 is 0 Å². The van der Waals surface area contributed by atoms with Gasteiger partial charge < -0.3 is 0 Å². The zero-order valence-corrected chi connectivity index (χ0v) is 5.66. The molecule has 0 aliphatic rings. The molecule has 0 aromatic carbocycles. The molecular formula is C3Cl2F5. The minimum atomic E-state index is -5.11. The summed E-state index contributed by atoms with van der Waals surface area (Å²) in [7, 11) is 0. The van der Waals surface area contributed by atoms with Crippen LogP contribution in [0, 0.1) is 5.63 Å². The van der Waals surface area contributed by atoms with Gasteiger partial charge in [0.25, 0.3) is 0 Å². The van der Waals surface area contributed by atoms with Crippen molar-refractivity contribution in [3.8, 4) is 0 Å². The highest BCUT2D eigenvalue weighted by Crippen LogP contribution is 2.46. The third-order valence-corrected chi connectivity index (χ3v) is 1.07. The van der Waals surface area contributed by atoms with Gasteiger partial charge in [-0.3, -0.25) is 0 Å². The molecule has 0 atom stereocenters. The van der Waals surface area contributed by atoms with Crippen molar-refractivity contribution in [3.05, 3.63) is 5.63 Å². The van der Waals surface area contributed by atoms with E-state index in [4.69, 9.17) is 0 Å². The molecule has 0 heterocycles. The molecule has 0 saturated carbocycles. The second kappa shape index (κ2) is 2.70. The van der Waals surface area contributed by atoms with Gasteiger partial charge in [0.2, 0.25) is 0 Å². The van der Waals surface area contributed by atoms with Crippen molar-refractivity contribution < 1.29 is 22.0 Å². The highest BCUT2D eigenvalue weighted by Gasteiger charge is 2.61. The molecule has 0 aliphatic heterocycles. The first-order valence-corrected chi connectivity index (χ1v) is 2.58. The molecule has 1 radical (unpaired) electrons. The average molecular weight is 202 g/mol. The summed E-state index contributed by atoms with van der Waals surface area (Å²) in [6, 6.07) is 0. The SMILES string of the molecule is F[C](Cl)C(F)(F)C(F)(F)Cl. The quantitative estimate of drug-likeness (QED) is 0.476. The van der Waals surface area contributed by atoms with Crippen LogP contribution in [0.3, 0.4) is 0 Å². The van der Waals surface area contributed by atoms with Crippen molar-refractivity contribution >= 4 is 23.2 Å². The molecule has 0 fully saturated rings. The average Bonchev–Trinajstić information content (AvgIpc) is 1.62. The van der Waals surface area contributed by atoms with Gasteiger partial charge in [-0.1, -0.05) is 11.6 Å². The van der Waals surface area contributed by atoms with E-state index in [-0.39, 0.29) is 0 Å². The summed E-state index contributed by atoms with van der Waals surface area (Å²) in [5, 5.41) is -4.99. The molecule has 0 aliphatic carbocycles. The Morgan fingerprint density at radius 1 is 1.10 bits per heavy atom. The number of hydrogen-bond acceptors (Lipinski definition) is 0. The third kappa shape index (κ3) is 1.85. The lowest BCUT2D eigenvalue weighted by molar-refractivity contribution is -0.151. The lowest BCUT2D eigenvalue weighted by atomic mass is 10.4. The van der Waals surface area contributed by atoms with Crippen LogP contribution in [0.4, 0.5) is 22.0 Å². The number of rotatable bonds is 2. The topological polar surface area (TPSA) is 0 Å². The van der Waals surface area contributed by atoms with Crippen molar-refractivity contribution in [1.29, 1.82) is 0 Å². The first-order chi connectivity index (χ1) is 4.19. The molecule has 0 amide bonds. The van der Waals surface area contributed by atoms with Crippen LogP contribution in [0.5, 0.6) is 0 Å². The summed E-state index contributed by atoms with van der Waals surface area (Å²) in [6.45, 7) is 0. The summed E-state index contributed by atoms with van der Waals surface area (Å²) < 4.78 is 57.4. The molecular weight excluding hydrogens is 202 g/mol. The Balaban J connectivity index is 4.40. The fourth-order valence-corrected chi connectivity index (χ4v) is 0.357. The summed E-state index contributed by atoms with van der Waals surface area (Å²) in [5.74, 6) is -5.11. The number of alkyl halides is 5. The van der Waals surface area contributed by atoms with E-state index in [1.165, 1.54) is 0 Å². The minimum absolute atomic E-state index is 2.73. The fourth-order valence-electron chi connectivity index (χ4n) is 0.107. The van der Waals surface area contributed by atoms with E-state index < -0.39 is 16.9 Å².